The van der Waals surface area contributed by atoms with Crippen LogP contribution in [0.25, 0.3) is 11.0 Å². The molecule has 0 bridgehead atoms. The molecule has 0 saturated carbocycles. The fourth-order valence-electron chi connectivity index (χ4n) is 3.33. The smallest absolute Gasteiger partial charge is 0.246 e. The van der Waals surface area contributed by atoms with Crippen LogP contribution in [0.2, 0.25) is 0 Å². The molecule has 2 heterocycles. The molecule has 0 spiro atoms. The van der Waals surface area contributed by atoms with Gasteiger partial charge >= 0.3 is 0 Å². The van der Waals surface area contributed by atoms with Gasteiger partial charge in [-0.1, -0.05) is 24.3 Å². The van der Waals surface area contributed by atoms with Gasteiger partial charge in [0.25, 0.3) is 0 Å². The standard InChI is InChI=1S/C18H18N4O3S2/c1-12-6-2-3-7-13(12)19-18(23)15-9-5-11-22(15)27(24,25)16-10-4-8-14-17(16)21-26-20-14/h2-4,6-8,10,15H,5,9,11H2,1H3,(H,19,23)/t15-/m0/s1. The van der Waals surface area contributed by atoms with Crippen molar-refractivity contribution in [2.45, 2.75) is 30.7 Å². The van der Waals surface area contributed by atoms with Crippen molar-refractivity contribution >= 4 is 44.4 Å². The Labute approximate surface area is 161 Å². The summed E-state index contributed by atoms with van der Waals surface area (Å²) in [6.07, 6.45) is 1.12. The van der Waals surface area contributed by atoms with Crippen molar-refractivity contribution in [2.24, 2.45) is 0 Å². The number of benzene rings is 2. The highest BCUT2D eigenvalue weighted by Gasteiger charge is 2.40. The van der Waals surface area contributed by atoms with Gasteiger partial charge in [-0.15, -0.1) is 0 Å². The number of aromatic nitrogens is 2. The molecule has 1 aliphatic heterocycles. The molecule has 1 atom stereocenters. The lowest BCUT2D eigenvalue weighted by Gasteiger charge is -2.23. The normalized spacial score (nSPS) is 18.0. The lowest BCUT2D eigenvalue weighted by atomic mass is 10.1. The number of fused-ring (bicyclic) bond motifs is 1. The maximum absolute atomic E-state index is 13.3. The van der Waals surface area contributed by atoms with E-state index in [9.17, 15) is 13.2 Å². The number of nitrogens with one attached hydrogen (secondary N) is 1. The number of nitrogens with zero attached hydrogens (tertiary/aromatic N) is 3. The van der Waals surface area contributed by atoms with Crippen molar-refractivity contribution in [1.82, 2.24) is 13.1 Å². The van der Waals surface area contributed by atoms with Gasteiger partial charge in [0.15, 0.2) is 0 Å². The van der Waals surface area contributed by atoms with Crippen molar-refractivity contribution in [3.63, 3.8) is 0 Å². The lowest BCUT2D eigenvalue weighted by Crippen LogP contribution is -2.43. The minimum atomic E-state index is -3.86. The van der Waals surface area contributed by atoms with E-state index in [1.807, 2.05) is 31.2 Å². The number of para-hydroxylation sites is 1. The van der Waals surface area contributed by atoms with Crippen LogP contribution in [0.3, 0.4) is 0 Å². The topological polar surface area (TPSA) is 92.3 Å². The fourth-order valence-corrected chi connectivity index (χ4v) is 5.75. The van der Waals surface area contributed by atoms with E-state index in [4.69, 9.17) is 0 Å². The van der Waals surface area contributed by atoms with Gasteiger partial charge in [-0.05, 0) is 43.5 Å². The van der Waals surface area contributed by atoms with Crippen LogP contribution in [0.15, 0.2) is 47.4 Å². The van der Waals surface area contributed by atoms with Crippen LogP contribution >= 0.6 is 11.7 Å². The molecular formula is C18H18N4O3S2. The summed E-state index contributed by atoms with van der Waals surface area (Å²) in [6, 6.07) is 11.6. The van der Waals surface area contributed by atoms with Crippen LogP contribution in [0, 0.1) is 6.92 Å². The maximum atomic E-state index is 13.3. The lowest BCUT2D eigenvalue weighted by molar-refractivity contribution is -0.119. The van der Waals surface area contributed by atoms with Crippen LogP contribution in [-0.2, 0) is 14.8 Å². The zero-order valence-electron chi connectivity index (χ0n) is 14.6. The number of amides is 1. The summed E-state index contributed by atoms with van der Waals surface area (Å²) in [5, 5.41) is 2.87. The Morgan fingerprint density at radius 2 is 2.00 bits per heavy atom. The summed E-state index contributed by atoms with van der Waals surface area (Å²) >= 11 is 0.974. The number of anilines is 1. The van der Waals surface area contributed by atoms with E-state index < -0.39 is 16.1 Å². The molecule has 1 amide bonds. The Hall–Kier alpha value is -2.36. The number of sulfonamides is 1. The van der Waals surface area contributed by atoms with Crippen LogP contribution in [-0.4, -0.2) is 40.0 Å². The van der Waals surface area contributed by atoms with E-state index in [-0.39, 0.29) is 10.8 Å². The van der Waals surface area contributed by atoms with Gasteiger partial charge in [-0.2, -0.15) is 13.1 Å². The van der Waals surface area contributed by atoms with E-state index in [2.05, 4.69) is 14.1 Å². The third-order valence-electron chi connectivity index (χ3n) is 4.74. The molecule has 9 heteroatoms. The third kappa shape index (κ3) is 3.22. The molecule has 1 N–H and O–H groups in total. The summed E-state index contributed by atoms with van der Waals surface area (Å²) in [6.45, 7) is 2.21. The van der Waals surface area contributed by atoms with E-state index >= 15 is 0 Å². The Balaban J connectivity index is 1.65. The molecule has 0 unspecified atom stereocenters. The van der Waals surface area contributed by atoms with E-state index in [1.165, 1.54) is 10.4 Å². The highest BCUT2D eigenvalue weighted by molar-refractivity contribution is 7.89. The Morgan fingerprint density at radius 1 is 1.19 bits per heavy atom. The summed E-state index contributed by atoms with van der Waals surface area (Å²) in [7, 11) is -3.86. The van der Waals surface area contributed by atoms with Gasteiger partial charge in [0.2, 0.25) is 15.9 Å². The number of rotatable bonds is 4. The molecular weight excluding hydrogens is 384 g/mol. The van der Waals surface area contributed by atoms with Crippen molar-refractivity contribution in [1.29, 1.82) is 0 Å². The van der Waals surface area contributed by atoms with E-state index in [0.29, 0.717) is 36.1 Å². The van der Waals surface area contributed by atoms with Crippen LogP contribution in [0.1, 0.15) is 18.4 Å². The highest BCUT2D eigenvalue weighted by Crippen LogP contribution is 2.30. The first-order valence-electron chi connectivity index (χ1n) is 8.58. The Bertz CT molecular complexity index is 1110. The summed E-state index contributed by atoms with van der Waals surface area (Å²) in [5.74, 6) is -0.311. The highest BCUT2D eigenvalue weighted by atomic mass is 32.2. The molecule has 1 aliphatic rings. The number of aryl methyl sites for hydroxylation is 1. The van der Waals surface area contributed by atoms with Crippen LogP contribution < -0.4 is 5.32 Å². The van der Waals surface area contributed by atoms with Gasteiger partial charge in [-0.3, -0.25) is 4.79 Å². The summed E-state index contributed by atoms with van der Waals surface area (Å²) < 4.78 is 36.1. The molecule has 4 rings (SSSR count). The Kier molecular flexibility index (Phi) is 4.67. The van der Waals surface area contributed by atoms with Crippen molar-refractivity contribution in [3.8, 4) is 0 Å². The molecule has 3 aromatic rings. The number of hydrogen-bond acceptors (Lipinski definition) is 6. The van der Waals surface area contributed by atoms with Gasteiger partial charge in [0, 0.05) is 12.2 Å². The molecule has 0 radical (unpaired) electrons. The Morgan fingerprint density at radius 3 is 2.81 bits per heavy atom. The van der Waals surface area contributed by atoms with Crippen LogP contribution in [0.4, 0.5) is 5.69 Å². The van der Waals surface area contributed by atoms with Crippen LogP contribution in [0.5, 0.6) is 0 Å². The molecule has 27 heavy (non-hydrogen) atoms. The fraction of sp³-hybridized carbons (Fsp3) is 0.278. The average molecular weight is 403 g/mol. The van der Waals surface area contributed by atoms with Crippen molar-refractivity contribution in [2.75, 3.05) is 11.9 Å². The largest absolute Gasteiger partial charge is 0.324 e. The summed E-state index contributed by atoms with van der Waals surface area (Å²) in [4.78, 5) is 12.9. The number of carbonyl (C=O) groups excluding carboxylic acids is 1. The second-order valence-corrected chi connectivity index (χ2v) is 8.85. The van der Waals surface area contributed by atoms with E-state index in [1.54, 1.807) is 12.1 Å². The number of carbonyl (C=O) groups is 1. The van der Waals surface area contributed by atoms with Gasteiger partial charge in [0.1, 0.15) is 22.0 Å². The predicted molar refractivity (Wildman–Crippen MR) is 104 cm³/mol. The SMILES string of the molecule is Cc1ccccc1NC(=O)[C@@H]1CCCN1S(=O)(=O)c1cccc2nsnc12. The van der Waals surface area contributed by atoms with Gasteiger partial charge in [0.05, 0.1) is 11.7 Å². The molecule has 140 valence electrons. The zero-order chi connectivity index (χ0) is 19.0. The molecule has 2 aromatic carbocycles. The molecule has 1 fully saturated rings. The second kappa shape index (κ2) is 6.99. The quantitative estimate of drug-likeness (QED) is 0.724. The number of hydrogen-bond donors (Lipinski definition) is 1. The first-order chi connectivity index (χ1) is 13.0. The van der Waals surface area contributed by atoms with Crippen molar-refractivity contribution < 1.29 is 13.2 Å². The molecule has 7 nitrogen and oxygen atoms in total. The zero-order valence-corrected chi connectivity index (χ0v) is 16.3. The first kappa shape index (κ1) is 18.0. The van der Waals surface area contributed by atoms with Crippen molar-refractivity contribution in [3.05, 3.63) is 48.0 Å². The monoisotopic (exact) mass is 402 g/mol. The molecule has 0 aliphatic carbocycles. The van der Waals surface area contributed by atoms with Gasteiger partial charge < -0.3 is 5.32 Å². The molecule has 1 aromatic heterocycles. The van der Waals surface area contributed by atoms with Gasteiger partial charge in [-0.25, -0.2) is 8.42 Å². The average Bonchev–Trinajstić information content (AvgIpc) is 3.32. The summed E-state index contributed by atoms with van der Waals surface area (Å²) in [5.41, 5.74) is 2.52. The maximum Gasteiger partial charge on any atom is 0.246 e. The first-order valence-corrected chi connectivity index (χ1v) is 10.7. The minimum absolute atomic E-state index is 0.101. The third-order valence-corrected chi connectivity index (χ3v) is 7.23. The van der Waals surface area contributed by atoms with E-state index in [0.717, 1.165) is 17.3 Å². The predicted octanol–water partition coefficient (Wildman–Crippen LogP) is 2.79. The minimum Gasteiger partial charge on any atom is -0.324 e. The molecule has 1 saturated heterocycles. The second-order valence-electron chi connectivity index (χ2n) is 6.47.